The average Bonchev–Trinajstić information content (AvgIpc) is 3.07. The molecular weight excluding hydrogens is 544 g/mol. The Hall–Kier alpha value is -3.72. The molecule has 3 amide bonds. The second kappa shape index (κ2) is 12.9. The molecule has 1 heterocycles. The van der Waals surface area contributed by atoms with Crippen LogP contribution in [0, 0.1) is 11.6 Å². The van der Waals surface area contributed by atoms with Crippen LogP contribution in [-0.2, 0) is 20.8 Å². The Labute approximate surface area is 242 Å². The molecular formula is C32H33F2N3O3S. The molecule has 1 aliphatic heterocycles. The predicted molar refractivity (Wildman–Crippen MR) is 155 cm³/mol. The number of nitrogens with one attached hydrogen (secondary N) is 2. The number of hydrogen-bond donors (Lipinski definition) is 2. The van der Waals surface area contributed by atoms with E-state index in [1.807, 2.05) is 59.5 Å². The lowest BCUT2D eigenvalue weighted by molar-refractivity contribution is -0.131. The number of hydrogen-bond acceptors (Lipinski definition) is 4. The van der Waals surface area contributed by atoms with E-state index in [2.05, 4.69) is 10.6 Å². The van der Waals surface area contributed by atoms with Gasteiger partial charge in [0.1, 0.15) is 23.7 Å². The van der Waals surface area contributed by atoms with Crippen molar-refractivity contribution in [3.05, 3.63) is 95.6 Å². The lowest BCUT2D eigenvalue weighted by Crippen LogP contribution is -2.56. The average molecular weight is 578 g/mol. The highest BCUT2D eigenvalue weighted by atomic mass is 32.2. The molecule has 3 aromatic rings. The van der Waals surface area contributed by atoms with Crippen molar-refractivity contribution < 1.29 is 23.2 Å². The number of nitrogens with zero attached hydrogens (tertiary/aromatic N) is 1. The summed E-state index contributed by atoms with van der Waals surface area (Å²) in [4.78, 5) is 43.4. The monoisotopic (exact) mass is 577 g/mol. The van der Waals surface area contributed by atoms with E-state index >= 15 is 0 Å². The van der Waals surface area contributed by atoms with E-state index in [1.54, 1.807) is 11.8 Å². The van der Waals surface area contributed by atoms with Gasteiger partial charge in [-0.05, 0) is 55.2 Å². The first-order chi connectivity index (χ1) is 19.8. The van der Waals surface area contributed by atoms with Gasteiger partial charge < -0.3 is 15.5 Å². The largest absolute Gasteiger partial charge is 0.344 e. The highest BCUT2D eigenvalue weighted by molar-refractivity contribution is 7.99. The number of halogens is 2. The normalized spacial score (nSPS) is 20.1. The Bertz CT molecular complexity index is 1390. The molecule has 0 radical (unpaired) electrons. The van der Waals surface area contributed by atoms with Crippen LogP contribution in [0.1, 0.15) is 55.4 Å². The van der Waals surface area contributed by atoms with Crippen LogP contribution in [0.4, 0.5) is 14.5 Å². The summed E-state index contributed by atoms with van der Waals surface area (Å²) in [7, 11) is 0. The van der Waals surface area contributed by atoms with E-state index in [-0.39, 0.29) is 23.9 Å². The van der Waals surface area contributed by atoms with E-state index in [0.29, 0.717) is 0 Å². The van der Waals surface area contributed by atoms with Crippen molar-refractivity contribution in [2.45, 2.75) is 73.7 Å². The molecule has 0 spiro atoms. The lowest BCUT2D eigenvalue weighted by atomic mass is 9.92. The van der Waals surface area contributed by atoms with Crippen molar-refractivity contribution >= 4 is 35.2 Å². The third-order valence-electron chi connectivity index (χ3n) is 7.61. The zero-order valence-electron chi connectivity index (χ0n) is 22.8. The molecule has 0 unspecified atom stereocenters. The summed E-state index contributed by atoms with van der Waals surface area (Å²) in [6.07, 6.45) is 4.73. The van der Waals surface area contributed by atoms with Crippen LogP contribution >= 0.6 is 11.8 Å². The van der Waals surface area contributed by atoms with Crippen molar-refractivity contribution in [1.82, 2.24) is 10.6 Å². The molecule has 2 N–H and O–H groups in total. The van der Waals surface area contributed by atoms with Gasteiger partial charge >= 0.3 is 0 Å². The number of para-hydroxylation sites is 1. The zero-order chi connectivity index (χ0) is 28.9. The maximum Gasteiger partial charge on any atom is 0.251 e. The van der Waals surface area contributed by atoms with Crippen molar-refractivity contribution in [1.29, 1.82) is 0 Å². The smallest absolute Gasteiger partial charge is 0.251 e. The van der Waals surface area contributed by atoms with E-state index in [4.69, 9.17) is 0 Å². The molecule has 0 aromatic heterocycles. The maximum atomic E-state index is 14.4. The minimum atomic E-state index is -0.983. The van der Waals surface area contributed by atoms with Gasteiger partial charge in [0, 0.05) is 17.0 Å². The number of benzene rings is 3. The summed E-state index contributed by atoms with van der Waals surface area (Å²) in [5.41, 5.74) is 1.92. The first kappa shape index (κ1) is 28.8. The lowest BCUT2D eigenvalue weighted by Gasteiger charge is -2.36. The first-order valence-electron chi connectivity index (χ1n) is 14.0. The maximum absolute atomic E-state index is 14.4. The molecule has 9 heteroatoms. The molecule has 41 heavy (non-hydrogen) atoms. The molecule has 0 bridgehead atoms. The predicted octanol–water partition coefficient (Wildman–Crippen LogP) is 5.71. The van der Waals surface area contributed by atoms with Gasteiger partial charge in [0.25, 0.3) is 5.91 Å². The van der Waals surface area contributed by atoms with Crippen molar-refractivity contribution in [2.75, 3.05) is 4.90 Å². The van der Waals surface area contributed by atoms with E-state index in [0.717, 1.165) is 66.4 Å². The van der Waals surface area contributed by atoms with Crippen LogP contribution in [0.3, 0.4) is 0 Å². The summed E-state index contributed by atoms with van der Waals surface area (Å²) < 4.78 is 27.1. The summed E-state index contributed by atoms with van der Waals surface area (Å²) in [6.45, 7) is 1.53. The van der Waals surface area contributed by atoms with Crippen molar-refractivity contribution in [3.63, 3.8) is 0 Å². The Morgan fingerprint density at radius 2 is 1.61 bits per heavy atom. The summed E-state index contributed by atoms with van der Waals surface area (Å²) in [5.74, 6) is -2.81. The van der Waals surface area contributed by atoms with Gasteiger partial charge in [0.15, 0.2) is 0 Å². The van der Waals surface area contributed by atoms with Crippen LogP contribution in [-0.4, -0.2) is 35.8 Å². The fraction of sp³-hybridized carbons (Fsp3) is 0.344. The fourth-order valence-corrected chi connectivity index (χ4v) is 6.98. The molecule has 6 nitrogen and oxygen atoms in total. The Kier molecular flexibility index (Phi) is 9.03. The first-order valence-corrected chi connectivity index (χ1v) is 14.9. The van der Waals surface area contributed by atoms with Gasteiger partial charge in [-0.2, -0.15) is 0 Å². The molecule has 1 aliphatic carbocycles. The van der Waals surface area contributed by atoms with Crippen LogP contribution < -0.4 is 15.5 Å². The molecule has 1 saturated carbocycles. The molecule has 1 fully saturated rings. The fourth-order valence-electron chi connectivity index (χ4n) is 5.65. The minimum absolute atomic E-state index is 0.0377. The number of carbonyl (C=O) groups excluding carboxylic acids is 3. The Morgan fingerprint density at radius 3 is 2.32 bits per heavy atom. The molecule has 3 atom stereocenters. The molecule has 2 aliphatic rings. The highest BCUT2D eigenvalue weighted by Crippen LogP contribution is 2.47. The topological polar surface area (TPSA) is 78.5 Å². The molecule has 5 rings (SSSR count). The zero-order valence-corrected chi connectivity index (χ0v) is 23.6. The van der Waals surface area contributed by atoms with E-state index < -0.39 is 40.8 Å². The number of rotatable bonds is 7. The summed E-state index contributed by atoms with van der Waals surface area (Å²) >= 11 is 1.55. The number of carbonyl (C=O) groups is 3. The van der Waals surface area contributed by atoms with Gasteiger partial charge in [0.2, 0.25) is 11.8 Å². The summed E-state index contributed by atoms with van der Waals surface area (Å²) in [5, 5.41) is 5.17. The van der Waals surface area contributed by atoms with Crippen LogP contribution in [0.2, 0.25) is 0 Å². The van der Waals surface area contributed by atoms with Crippen LogP contribution in [0.25, 0.3) is 0 Å². The second-order valence-electron chi connectivity index (χ2n) is 10.6. The van der Waals surface area contributed by atoms with Crippen molar-refractivity contribution in [3.8, 4) is 0 Å². The number of amides is 3. The number of fused-ring (bicyclic) bond motifs is 1. The van der Waals surface area contributed by atoms with Gasteiger partial charge in [-0.25, -0.2) is 8.78 Å². The second-order valence-corrected chi connectivity index (χ2v) is 11.8. The third kappa shape index (κ3) is 6.78. The summed E-state index contributed by atoms with van der Waals surface area (Å²) in [6, 6.07) is 18.6. The van der Waals surface area contributed by atoms with Gasteiger partial charge in [0.05, 0.1) is 17.4 Å². The van der Waals surface area contributed by atoms with E-state index in [1.165, 1.54) is 6.92 Å². The number of thioether (sulfide) groups is 1. The van der Waals surface area contributed by atoms with Gasteiger partial charge in [-0.15, -0.1) is 11.8 Å². The SMILES string of the molecule is C[C@H](NC(=O)Cc1cc(F)cc(F)c1)C(=O)N[C@@H]1C(=O)N(C2CCCCC2)c2ccccc2S[C@@H]1c1ccccc1. The molecule has 3 aromatic carbocycles. The third-order valence-corrected chi connectivity index (χ3v) is 9.01. The van der Waals surface area contributed by atoms with Crippen LogP contribution in [0.15, 0.2) is 77.7 Å². The van der Waals surface area contributed by atoms with Gasteiger partial charge in [-0.3, -0.25) is 14.4 Å². The van der Waals surface area contributed by atoms with Crippen molar-refractivity contribution in [2.24, 2.45) is 0 Å². The minimum Gasteiger partial charge on any atom is -0.344 e. The molecule has 0 saturated heterocycles. The Morgan fingerprint density at radius 1 is 0.951 bits per heavy atom. The molecule has 214 valence electrons. The van der Waals surface area contributed by atoms with E-state index in [9.17, 15) is 23.2 Å². The quantitative estimate of drug-likeness (QED) is 0.377. The van der Waals surface area contributed by atoms with Gasteiger partial charge in [-0.1, -0.05) is 61.7 Å². The standard InChI is InChI=1S/C32H33F2N3O3S/c1-20(35-28(38)18-21-16-23(33)19-24(34)17-21)31(39)36-29-30(22-10-4-2-5-11-22)41-27-15-9-8-14-26(27)37(32(29)40)25-12-6-3-7-13-25/h2,4-5,8-11,14-17,19-20,25,29-30H,3,6-7,12-13,18H2,1H3,(H,35,38)(H,36,39)/t20-,29-,30+/m0/s1. The highest BCUT2D eigenvalue weighted by Gasteiger charge is 2.42. The Balaban J connectivity index is 1.40. The number of anilines is 1. The van der Waals surface area contributed by atoms with Crippen LogP contribution in [0.5, 0.6) is 0 Å².